The van der Waals surface area contributed by atoms with Gasteiger partial charge in [-0.1, -0.05) is 64.7 Å². The Labute approximate surface area is 166 Å². The number of carbonyl (C=O) groups excluding carboxylic acids is 1. The average molecular weight is 374 g/mol. The minimum absolute atomic E-state index is 0.0228. The van der Waals surface area contributed by atoms with Crippen LogP contribution in [0.25, 0.3) is 0 Å². The van der Waals surface area contributed by atoms with Gasteiger partial charge in [-0.25, -0.2) is 0 Å². The van der Waals surface area contributed by atoms with Gasteiger partial charge in [-0.3, -0.25) is 4.79 Å². The maximum Gasteiger partial charge on any atom is 0.217 e. The summed E-state index contributed by atoms with van der Waals surface area (Å²) >= 11 is 0. The molecular weight excluding hydrogens is 334 g/mol. The van der Waals surface area contributed by atoms with E-state index in [9.17, 15) is 4.79 Å². The molecule has 0 aliphatic heterocycles. The fourth-order valence-corrected chi connectivity index (χ4v) is 4.20. The number of hydrogen-bond acceptors (Lipinski definition) is 2. The number of amides is 1. The Hall–Kier alpha value is -1.51. The number of nitrogens with two attached hydrogens (primary N) is 1. The largest absolute Gasteiger partial charge is 0.490 e. The zero-order chi connectivity index (χ0) is 19.7. The maximum atomic E-state index is 11.4. The van der Waals surface area contributed by atoms with Crippen LogP contribution >= 0.6 is 0 Å². The molecule has 2 atom stereocenters. The zero-order valence-corrected chi connectivity index (χ0v) is 17.6. The lowest BCUT2D eigenvalue weighted by Crippen LogP contribution is -2.29. The number of primary amides is 1. The molecule has 1 aromatic rings. The van der Waals surface area contributed by atoms with Crippen molar-refractivity contribution in [3.05, 3.63) is 29.8 Å². The molecule has 0 saturated heterocycles. The molecule has 1 amide bonds. The van der Waals surface area contributed by atoms with Crippen LogP contribution < -0.4 is 10.5 Å². The Kier molecular flexibility index (Phi) is 8.66. The van der Waals surface area contributed by atoms with Crippen molar-refractivity contribution in [2.75, 3.05) is 0 Å². The van der Waals surface area contributed by atoms with Gasteiger partial charge in [0.2, 0.25) is 5.91 Å². The van der Waals surface area contributed by atoms with Crippen LogP contribution in [0.3, 0.4) is 0 Å². The normalized spacial score (nSPS) is 17.3. The molecule has 0 heterocycles. The Bertz CT molecular complexity index is 581. The van der Waals surface area contributed by atoms with Crippen LogP contribution in [0, 0.1) is 5.92 Å². The Balaban J connectivity index is 2.07. The highest BCUT2D eigenvalue weighted by atomic mass is 16.5. The summed E-state index contributed by atoms with van der Waals surface area (Å²) in [6.07, 6.45) is 12.6. The monoisotopic (exact) mass is 373 g/mol. The lowest BCUT2D eigenvalue weighted by Gasteiger charge is -2.33. The van der Waals surface area contributed by atoms with Crippen molar-refractivity contribution in [1.82, 2.24) is 0 Å². The van der Waals surface area contributed by atoms with E-state index in [0.29, 0.717) is 12.3 Å². The fourth-order valence-electron chi connectivity index (χ4n) is 4.20. The van der Waals surface area contributed by atoms with Crippen LogP contribution in [0.15, 0.2) is 24.3 Å². The standard InChI is InChI=1S/C24H39NO2/c1-4-6-7-8-9-12-20(5-2)27-22-14-11-10-13-21(22)24(3,19-15-16-19)18-17-23(25)26/h10-11,13-14,19-20H,4-9,12,15-18H2,1-3H3,(H2,25,26). The van der Waals surface area contributed by atoms with Gasteiger partial charge in [-0.2, -0.15) is 0 Å². The van der Waals surface area contributed by atoms with Gasteiger partial charge in [0.05, 0.1) is 6.10 Å². The molecule has 0 spiro atoms. The van der Waals surface area contributed by atoms with Crippen molar-refractivity contribution in [3.63, 3.8) is 0 Å². The smallest absolute Gasteiger partial charge is 0.217 e. The third-order valence-electron chi connectivity index (χ3n) is 6.25. The highest BCUT2D eigenvalue weighted by molar-refractivity contribution is 5.73. The van der Waals surface area contributed by atoms with Gasteiger partial charge in [-0.05, 0) is 55.9 Å². The van der Waals surface area contributed by atoms with E-state index in [1.807, 2.05) is 0 Å². The zero-order valence-electron chi connectivity index (χ0n) is 17.6. The van der Waals surface area contributed by atoms with Crippen LogP contribution in [0.5, 0.6) is 5.75 Å². The van der Waals surface area contributed by atoms with Gasteiger partial charge in [0.15, 0.2) is 0 Å². The van der Waals surface area contributed by atoms with E-state index >= 15 is 0 Å². The Morgan fingerprint density at radius 2 is 1.89 bits per heavy atom. The van der Waals surface area contributed by atoms with Crippen molar-refractivity contribution < 1.29 is 9.53 Å². The molecule has 1 aliphatic carbocycles. The third kappa shape index (κ3) is 6.55. The highest BCUT2D eigenvalue weighted by Crippen LogP contribution is 2.52. The van der Waals surface area contributed by atoms with Crippen molar-refractivity contribution >= 4 is 5.91 Å². The van der Waals surface area contributed by atoms with Gasteiger partial charge >= 0.3 is 0 Å². The molecule has 2 N–H and O–H groups in total. The molecule has 152 valence electrons. The second-order valence-corrected chi connectivity index (χ2v) is 8.51. The summed E-state index contributed by atoms with van der Waals surface area (Å²) < 4.78 is 6.52. The molecule has 1 saturated carbocycles. The maximum absolute atomic E-state index is 11.4. The summed E-state index contributed by atoms with van der Waals surface area (Å²) in [5, 5.41) is 0. The van der Waals surface area contributed by atoms with E-state index < -0.39 is 0 Å². The van der Waals surface area contributed by atoms with E-state index in [-0.39, 0.29) is 17.4 Å². The molecule has 2 rings (SSSR count). The molecule has 0 aromatic heterocycles. The SMILES string of the molecule is CCCCCCCC(CC)Oc1ccccc1C(C)(CCC(N)=O)C1CC1. The lowest BCUT2D eigenvalue weighted by molar-refractivity contribution is -0.118. The summed E-state index contributed by atoms with van der Waals surface area (Å²) in [4.78, 5) is 11.4. The molecule has 3 heteroatoms. The lowest BCUT2D eigenvalue weighted by atomic mass is 9.74. The van der Waals surface area contributed by atoms with Crippen molar-refractivity contribution in [2.45, 2.75) is 103 Å². The molecule has 0 radical (unpaired) electrons. The Morgan fingerprint density at radius 1 is 1.19 bits per heavy atom. The first kappa shape index (κ1) is 21.8. The van der Waals surface area contributed by atoms with E-state index in [1.54, 1.807) is 0 Å². The number of rotatable bonds is 14. The Morgan fingerprint density at radius 3 is 2.52 bits per heavy atom. The molecule has 3 nitrogen and oxygen atoms in total. The number of benzene rings is 1. The van der Waals surface area contributed by atoms with Crippen molar-refractivity contribution in [3.8, 4) is 5.75 Å². The fraction of sp³-hybridized carbons (Fsp3) is 0.708. The molecule has 1 aromatic carbocycles. The van der Waals surface area contributed by atoms with E-state index in [2.05, 4.69) is 45.0 Å². The van der Waals surface area contributed by atoms with Gasteiger partial charge in [0.25, 0.3) is 0 Å². The molecule has 27 heavy (non-hydrogen) atoms. The molecular formula is C24H39NO2. The predicted molar refractivity (Wildman–Crippen MR) is 113 cm³/mol. The number of para-hydroxylation sites is 1. The van der Waals surface area contributed by atoms with Crippen LogP contribution in [0.1, 0.15) is 97.0 Å². The first-order chi connectivity index (χ1) is 13.0. The van der Waals surface area contributed by atoms with E-state index in [1.165, 1.54) is 50.5 Å². The van der Waals surface area contributed by atoms with Crippen LogP contribution in [-0.4, -0.2) is 12.0 Å². The number of unbranched alkanes of at least 4 members (excludes halogenated alkanes) is 4. The number of ether oxygens (including phenoxy) is 1. The highest BCUT2D eigenvalue weighted by Gasteiger charge is 2.44. The average Bonchev–Trinajstić information content (AvgIpc) is 3.51. The first-order valence-corrected chi connectivity index (χ1v) is 11.1. The summed E-state index contributed by atoms with van der Waals surface area (Å²) in [6, 6.07) is 8.47. The topological polar surface area (TPSA) is 52.3 Å². The minimum atomic E-state index is -0.209. The minimum Gasteiger partial charge on any atom is -0.490 e. The van der Waals surface area contributed by atoms with Gasteiger partial charge in [-0.15, -0.1) is 0 Å². The van der Waals surface area contributed by atoms with Crippen LogP contribution in [-0.2, 0) is 10.2 Å². The summed E-state index contributed by atoms with van der Waals surface area (Å²) in [7, 11) is 0. The first-order valence-electron chi connectivity index (χ1n) is 11.1. The van der Waals surface area contributed by atoms with Crippen molar-refractivity contribution in [2.24, 2.45) is 11.7 Å². The van der Waals surface area contributed by atoms with Crippen LogP contribution in [0.2, 0.25) is 0 Å². The second kappa shape index (κ2) is 10.7. The van der Waals surface area contributed by atoms with Gasteiger partial charge in [0, 0.05) is 12.0 Å². The summed E-state index contributed by atoms with van der Waals surface area (Å²) in [6.45, 7) is 6.76. The summed E-state index contributed by atoms with van der Waals surface area (Å²) in [5.74, 6) is 1.44. The van der Waals surface area contributed by atoms with Crippen LogP contribution in [0.4, 0.5) is 0 Å². The third-order valence-corrected chi connectivity index (χ3v) is 6.25. The van der Waals surface area contributed by atoms with E-state index in [0.717, 1.165) is 25.0 Å². The van der Waals surface area contributed by atoms with E-state index in [4.69, 9.17) is 10.5 Å². The van der Waals surface area contributed by atoms with Crippen molar-refractivity contribution in [1.29, 1.82) is 0 Å². The second-order valence-electron chi connectivity index (χ2n) is 8.51. The van der Waals surface area contributed by atoms with Gasteiger partial charge in [0.1, 0.15) is 5.75 Å². The molecule has 1 fully saturated rings. The molecule has 0 bridgehead atoms. The number of carbonyl (C=O) groups is 1. The van der Waals surface area contributed by atoms with Gasteiger partial charge < -0.3 is 10.5 Å². The quantitative estimate of drug-likeness (QED) is 0.398. The number of hydrogen-bond donors (Lipinski definition) is 1. The summed E-state index contributed by atoms with van der Waals surface area (Å²) in [5.41, 5.74) is 6.70. The molecule has 1 aliphatic rings. The predicted octanol–water partition coefficient (Wildman–Crippen LogP) is 6.14. The molecule has 2 unspecified atom stereocenters.